The second-order valence-electron chi connectivity index (χ2n) is 4.22. The molecule has 0 aromatic carbocycles. The quantitative estimate of drug-likeness (QED) is 0.673. The first-order valence-electron chi connectivity index (χ1n) is 5.81. The van der Waals surface area contributed by atoms with Gasteiger partial charge in [-0.15, -0.1) is 0 Å². The van der Waals surface area contributed by atoms with E-state index in [0.717, 1.165) is 32.4 Å². The normalized spacial score (nSPS) is 25.5. The van der Waals surface area contributed by atoms with Crippen molar-refractivity contribution in [2.45, 2.75) is 51.2 Å². The lowest BCUT2D eigenvalue weighted by Crippen LogP contribution is -2.36. The Bertz CT molecular complexity index is 152. The van der Waals surface area contributed by atoms with Gasteiger partial charge in [0, 0.05) is 19.2 Å². The van der Waals surface area contributed by atoms with Gasteiger partial charge in [0.1, 0.15) is 0 Å². The molecule has 0 bridgehead atoms. The molecule has 0 aromatic rings. The Balaban J connectivity index is 2.27. The third-order valence-electron chi connectivity index (χ3n) is 3.11. The summed E-state index contributed by atoms with van der Waals surface area (Å²) in [5, 5.41) is 18.3. The van der Waals surface area contributed by atoms with Crippen LogP contribution >= 0.6 is 0 Å². The molecule has 1 saturated heterocycles. The first kappa shape index (κ1) is 12.0. The average Bonchev–Trinajstić information content (AvgIpc) is 2.62. The zero-order chi connectivity index (χ0) is 10.4. The SMILES string of the molecule is CCC(O)CN1CCCC1CCCO. The molecule has 1 fully saturated rings. The largest absolute Gasteiger partial charge is 0.396 e. The molecule has 2 unspecified atom stereocenters. The molecule has 2 N–H and O–H groups in total. The first-order chi connectivity index (χ1) is 6.77. The Labute approximate surface area is 86.7 Å². The minimum absolute atomic E-state index is 0.176. The van der Waals surface area contributed by atoms with E-state index in [1.165, 1.54) is 12.8 Å². The molecule has 1 aliphatic heterocycles. The summed E-state index contributed by atoms with van der Waals surface area (Å²) in [6.07, 6.45) is 5.10. The molecule has 1 rings (SSSR count). The molecule has 14 heavy (non-hydrogen) atoms. The highest BCUT2D eigenvalue weighted by molar-refractivity contribution is 4.80. The Kier molecular flexibility index (Phi) is 5.45. The van der Waals surface area contributed by atoms with Crippen molar-refractivity contribution in [3.8, 4) is 0 Å². The summed E-state index contributed by atoms with van der Waals surface area (Å²) in [5.41, 5.74) is 0. The van der Waals surface area contributed by atoms with Crippen LogP contribution in [0.4, 0.5) is 0 Å². The standard InChI is InChI=1S/C11H23NO2/c1-2-11(14)9-12-7-3-5-10(12)6-4-8-13/h10-11,13-14H,2-9H2,1H3. The van der Waals surface area contributed by atoms with Gasteiger partial charge < -0.3 is 10.2 Å². The number of hydrogen-bond acceptors (Lipinski definition) is 3. The number of likely N-dealkylation sites (tertiary alicyclic amines) is 1. The van der Waals surface area contributed by atoms with Crippen LogP contribution < -0.4 is 0 Å². The summed E-state index contributed by atoms with van der Waals surface area (Å²) in [7, 11) is 0. The Morgan fingerprint density at radius 1 is 1.50 bits per heavy atom. The van der Waals surface area contributed by atoms with E-state index in [1.54, 1.807) is 0 Å². The lowest BCUT2D eigenvalue weighted by molar-refractivity contribution is 0.0984. The monoisotopic (exact) mass is 201 g/mol. The highest BCUT2D eigenvalue weighted by Gasteiger charge is 2.24. The van der Waals surface area contributed by atoms with Crippen LogP contribution in [0.3, 0.4) is 0 Å². The van der Waals surface area contributed by atoms with E-state index < -0.39 is 0 Å². The summed E-state index contributed by atoms with van der Waals surface area (Å²) in [5.74, 6) is 0. The molecule has 3 nitrogen and oxygen atoms in total. The molecule has 1 heterocycles. The predicted molar refractivity (Wildman–Crippen MR) is 57.2 cm³/mol. The molecule has 3 heteroatoms. The summed E-state index contributed by atoms with van der Waals surface area (Å²) in [6.45, 7) is 4.24. The zero-order valence-electron chi connectivity index (χ0n) is 9.15. The van der Waals surface area contributed by atoms with Gasteiger partial charge in [-0.05, 0) is 38.6 Å². The van der Waals surface area contributed by atoms with E-state index in [1.807, 2.05) is 6.92 Å². The van der Waals surface area contributed by atoms with Crippen LogP contribution in [0.2, 0.25) is 0 Å². The van der Waals surface area contributed by atoms with E-state index >= 15 is 0 Å². The van der Waals surface area contributed by atoms with Gasteiger partial charge in [-0.3, -0.25) is 4.90 Å². The molecule has 0 amide bonds. The summed E-state index contributed by atoms with van der Waals surface area (Å²) < 4.78 is 0. The summed E-state index contributed by atoms with van der Waals surface area (Å²) in [6, 6.07) is 0.600. The molecular formula is C11H23NO2. The fourth-order valence-electron chi connectivity index (χ4n) is 2.19. The lowest BCUT2D eigenvalue weighted by Gasteiger charge is -2.26. The van der Waals surface area contributed by atoms with Crippen molar-refractivity contribution in [1.82, 2.24) is 4.90 Å². The molecule has 0 aliphatic carbocycles. The van der Waals surface area contributed by atoms with E-state index in [2.05, 4.69) is 4.90 Å². The van der Waals surface area contributed by atoms with Crippen molar-refractivity contribution >= 4 is 0 Å². The van der Waals surface area contributed by atoms with Crippen LogP contribution in [0.1, 0.15) is 39.0 Å². The van der Waals surface area contributed by atoms with Gasteiger partial charge in [0.25, 0.3) is 0 Å². The van der Waals surface area contributed by atoms with Crippen LogP contribution in [0.15, 0.2) is 0 Å². The Morgan fingerprint density at radius 3 is 2.93 bits per heavy atom. The van der Waals surface area contributed by atoms with Gasteiger partial charge in [-0.2, -0.15) is 0 Å². The third kappa shape index (κ3) is 3.56. The number of nitrogens with zero attached hydrogens (tertiary/aromatic N) is 1. The summed E-state index contributed by atoms with van der Waals surface area (Å²) >= 11 is 0. The molecule has 2 atom stereocenters. The molecular weight excluding hydrogens is 178 g/mol. The van der Waals surface area contributed by atoms with Crippen LogP contribution in [0.5, 0.6) is 0 Å². The molecule has 0 radical (unpaired) electrons. The lowest BCUT2D eigenvalue weighted by atomic mass is 10.1. The van der Waals surface area contributed by atoms with E-state index in [4.69, 9.17) is 5.11 Å². The maximum absolute atomic E-state index is 9.57. The van der Waals surface area contributed by atoms with Crippen molar-refractivity contribution in [2.75, 3.05) is 19.7 Å². The minimum Gasteiger partial charge on any atom is -0.396 e. The van der Waals surface area contributed by atoms with Crippen LogP contribution in [-0.2, 0) is 0 Å². The highest BCUT2D eigenvalue weighted by Crippen LogP contribution is 2.21. The number of rotatable bonds is 6. The van der Waals surface area contributed by atoms with E-state index in [9.17, 15) is 5.11 Å². The molecule has 84 valence electrons. The Hall–Kier alpha value is -0.120. The molecule has 1 aliphatic rings. The van der Waals surface area contributed by atoms with E-state index in [0.29, 0.717) is 12.6 Å². The molecule has 0 aromatic heterocycles. The maximum atomic E-state index is 9.57. The molecule has 0 saturated carbocycles. The van der Waals surface area contributed by atoms with Gasteiger partial charge in [0.05, 0.1) is 6.10 Å². The number of hydrogen-bond donors (Lipinski definition) is 2. The highest BCUT2D eigenvalue weighted by atomic mass is 16.3. The van der Waals surface area contributed by atoms with Crippen molar-refractivity contribution in [1.29, 1.82) is 0 Å². The fourth-order valence-corrected chi connectivity index (χ4v) is 2.19. The van der Waals surface area contributed by atoms with Crippen molar-refractivity contribution in [3.63, 3.8) is 0 Å². The van der Waals surface area contributed by atoms with Crippen molar-refractivity contribution in [2.24, 2.45) is 0 Å². The number of β-amino-alcohol motifs (C(OH)–C–C–N with tert-alkyl or cyclic N) is 1. The van der Waals surface area contributed by atoms with Crippen molar-refractivity contribution < 1.29 is 10.2 Å². The van der Waals surface area contributed by atoms with Gasteiger partial charge in [0.15, 0.2) is 0 Å². The second-order valence-corrected chi connectivity index (χ2v) is 4.22. The second kappa shape index (κ2) is 6.38. The van der Waals surface area contributed by atoms with Crippen LogP contribution in [0, 0.1) is 0 Å². The third-order valence-corrected chi connectivity index (χ3v) is 3.11. The minimum atomic E-state index is -0.176. The Morgan fingerprint density at radius 2 is 2.29 bits per heavy atom. The molecule has 0 spiro atoms. The average molecular weight is 201 g/mol. The maximum Gasteiger partial charge on any atom is 0.0664 e. The van der Waals surface area contributed by atoms with Crippen LogP contribution in [-0.4, -0.2) is 47.0 Å². The van der Waals surface area contributed by atoms with Gasteiger partial charge in [0.2, 0.25) is 0 Å². The first-order valence-corrected chi connectivity index (χ1v) is 5.81. The topological polar surface area (TPSA) is 43.7 Å². The van der Waals surface area contributed by atoms with Gasteiger partial charge in [-0.1, -0.05) is 6.92 Å². The smallest absolute Gasteiger partial charge is 0.0664 e. The van der Waals surface area contributed by atoms with E-state index in [-0.39, 0.29) is 6.10 Å². The predicted octanol–water partition coefficient (Wildman–Crippen LogP) is 0.994. The number of aliphatic hydroxyl groups is 2. The van der Waals surface area contributed by atoms with Gasteiger partial charge >= 0.3 is 0 Å². The van der Waals surface area contributed by atoms with Crippen molar-refractivity contribution in [3.05, 3.63) is 0 Å². The fraction of sp³-hybridized carbons (Fsp3) is 1.00. The summed E-state index contributed by atoms with van der Waals surface area (Å²) in [4.78, 5) is 2.38. The van der Waals surface area contributed by atoms with Gasteiger partial charge in [-0.25, -0.2) is 0 Å². The zero-order valence-corrected chi connectivity index (χ0v) is 9.15. The number of aliphatic hydroxyl groups excluding tert-OH is 2. The van der Waals surface area contributed by atoms with Crippen LogP contribution in [0.25, 0.3) is 0 Å².